The van der Waals surface area contributed by atoms with Crippen molar-refractivity contribution in [3.63, 3.8) is 0 Å². The van der Waals surface area contributed by atoms with Gasteiger partial charge in [0.1, 0.15) is 11.8 Å². The number of carbonyl (C=O) groups is 1. The van der Waals surface area contributed by atoms with Gasteiger partial charge < -0.3 is 15.4 Å². The zero-order chi connectivity index (χ0) is 14.5. The number of anilines is 1. The van der Waals surface area contributed by atoms with E-state index in [-0.39, 0.29) is 11.9 Å². The van der Waals surface area contributed by atoms with Crippen molar-refractivity contribution in [1.82, 2.24) is 5.32 Å². The number of fused-ring (bicyclic) bond motifs is 1. The van der Waals surface area contributed by atoms with Crippen LogP contribution >= 0.6 is 11.6 Å². The van der Waals surface area contributed by atoms with Gasteiger partial charge in [-0.1, -0.05) is 38.3 Å². The first-order valence-corrected chi connectivity index (χ1v) is 7.55. The molecule has 20 heavy (non-hydrogen) atoms. The Balaban J connectivity index is 2.11. The molecule has 1 heterocycles. The number of nitrogens with one attached hydrogen (secondary N) is 2. The molecule has 1 amide bonds. The molecular weight excluding hydrogens is 276 g/mol. The topological polar surface area (TPSA) is 50.4 Å². The fraction of sp³-hybridized carbons (Fsp3) is 0.533. The SMILES string of the molecule is CCCCCOc1cc2c(cc1Cl)C(NCC)C(=O)N2. The van der Waals surface area contributed by atoms with Crippen LogP contribution in [-0.2, 0) is 4.79 Å². The molecule has 0 aromatic heterocycles. The Morgan fingerprint density at radius 2 is 2.15 bits per heavy atom. The number of amides is 1. The van der Waals surface area contributed by atoms with Crippen molar-refractivity contribution in [2.24, 2.45) is 0 Å². The first-order chi connectivity index (χ1) is 9.67. The Kier molecular flexibility index (Phi) is 5.26. The lowest BCUT2D eigenvalue weighted by molar-refractivity contribution is -0.117. The molecule has 0 bridgehead atoms. The number of ether oxygens (including phenoxy) is 1. The van der Waals surface area contributed by atoms with Gasteiger partial charge in [-0.05, 0) is 19.0 Å². The van der Waals surface area contributed by atoms with Crippen LogP contribution in [0.15, 0.2) is 12.1 Å². The van der Waals surface area contributed by atoms with E-state index >= 15 is 0 Å². The van der Waals surface area contributed by atoms with E-state index in [0.717, 1.165) is 37.1 Å². The van der Waals surface area contributed by atoms with Gasteiger partial charge in [0.2, 0.25) is 5.91 Å². The molecule has 1 aromatic rings. The third kappa shape index (κ3) is 3.25. The fourth-order valence-electron chi connectivity index (χ4n) is 2.31. The van der Waals surface area contributed by atoms with Crippen LogP contribution < -0.4 is 15.4 Å². The average molecular weight is 297 g/mol. The zero-order valence-corrected chi connectivity index (χ0v) is 12.7. The minimum absolute atomic E-state index is 0.0407. The predicted molar refractivity (Wildman–Crippen MR) is 81.5 cm³/mol. The summed E-state index contributed by atoms with van der Waals surface area (Å²) in [6.45, 7) is 5.50. The lowest BCUT2D eigenvalue weighted by Crippen LogP contribution is -2.27. The molecule has 1 aromatic carbocycles. The molecule has 2 N–H and O–H groups in total. The van der Waals surface area contributed by atoms with Crippen molar-refractivity contribution in [2.45, 2.75) is 39.2 Å². The normalized spacial score (nSPS) is 16.9. The highest BCUT2D eigenvalue weighted by Gasteiger charge is 2.30. The van der Waals surface area contributed by atoms with Gasteiger partial charge in [0.05, 0.1) is 11.6 Å². The monoisotopic (exact) mass is 296 g/mol. The van der Waals surface area contributed by atoms with E-state index in [2.05, 4.69) is 17.6 Å². The van der Waals surface area contributed by atoms with Gasteiger partial charge >= 0.3 is 0 Å². The van der Waals surface area contributed by atoms with Gasteiger partial charge in [-0.2, -0.15) is 0 Å². The molecule has 0 fully saturated rings. The summed E-state index contributed by atoms with van der Waals surface area (Å²) in [5.41, 5.74) is 1.68. The highest BCUT2D eigenvalue weighted by Crippen LogP contribution is 2.38. The van der Waals surface area contributed by atoms with Gasteiger partial charge in [-0.15, -0.1) is 0 Å². The van der Waals surface area contributed by atoms with E-state index in [0.29, 0.717) is 17.4 Å². The van der Waals surface area contributed by atoms with Crippen molar-refractivity contribution >= 4 is 23.2 Å². The smallest absolute Gasteiger partial charge is 0.246 e. The number of halogens is 1. The Labute approximate surface area is 124 Å². The van der Waals surface area contributed by atoms with Crippen molar-refractivity contribution in [3.8, 4) is 5.75 Å². The van der Waals surface area contributed by atoms with E-state index < -0.39 is 0 Å². The van der Waals surface area contributed by atoms with Crippen molar-refractivity contribution in [3.05, 3.63) is 22.7 Å². The van der Waals surface area contributed by atoms with Gasteiger partial charge in [-0.25, -0.2) is 0 Å². The molecule has 1 aliphatic heterocycles. The lowest BCUT2D eigenvalue weighted by Gasteiger charge is -2.12. The standard InChI is InChI=1S/C15H21ClN2O2/c1-3-5-6-7-20-13-9-12-10(8-11(13)16)14(17-4-2)15(19)18-12/h8-9,14,17H,3-7H2,1-2H3,(H,18,19). The molecule has 0 aliphatic carbocycles. The molecule has 2 rings (SSSR count). The largest absolute Gasteiger partial charge is 0.492 e. The first-order valence-electron chi connectivity index (χ1n) is 7.17. The maximum absolute atomic E-state index is 11.9. The van der Waals surface area contributed by atoms with E-state index in [1.54, 1.807) is 0 Å². The van der Waals surface area contributed by atoms with Crippen LogP contribution in [-0.4, -0.2) is 19.1 Å². The number of likely N-dealkylation sites (N-methyl/N-ethyl adjacent to an activating group) is 1. The molecule has 0 radical (unpaired) electrons. The lowest BCUT2D eigenvalue weighted by atomic mass is 10.1. The Morgan fingerprint density at radius 3 is 2.85 bits per heavy atom. The molecule has 0 spiro atoms. The second kappa shape index (κ2) is 6.95. The summed E-state index contributed by atoms with van der Waals surface area (Å²) in [5, 5.41) is 6.56. The molecule has 5 heteroatoms. The van der Waals surface area contributed by atoms with Crippen molar-refractivity contribution in [1.29, 1.82) is 0 Å². The van der Waals surface area contributed by atoms with E-state index in [1.807, 2.05) is 19.1 Å². The number of benzene rings is 1. The highest BCUT2D eigenvalue weighted by molar-refractivity contribution is 6.32. The number of hydrogen-bond donors (Lipinski definition) is 2. The Morgan fingerprint density at radius 1 is 1.35 bits per heavy atom. The summed E-state index contributed by atoms with van der Waals surface area (Å²) in [6.07, 6.45) is 3.31. The molecule has 0 saturated heterocycles. The number of hydrogen-bond acceptors (Lipinski definition) is 3. The van der Waals surface area contributed by atoms with Crippen LogP contribution in [0.25, 0.3) is 0 Å². The molecule has 1 atom stereocenters. The summed E-state index contributed by atoms with van der Waals surface area (Å²) in [7, 11) is 0. The van der Waals surface area contributed by atoms with Gasteiger partial charge in [0, 0.05) is 17.3 Å². The van der Waals surface area contributed by atoms with Gasteiger partial charge in [0.25, 0.3) is 0 Å². The Hall–Kier alpha value is -1.26. The molecule has 0 saturated carbocycles. The molecule has 110 valence electrons. The quantitative estimate of drug-likeness (QED) is 0.757. The summed E-state index contributed by atoms with van der Waals surface area (Å²) < 4.78 is 5.69. The zero-order valence-electron chi connectivity index (χ0n) is 12.0. The van der Waals surface area contributed by atoms with Gasteiger partial charge in [-0.3, -0.25) is 4.79 Å². The summed E-state index contributed by atoms with van der Waals surface area (Å²) in [5.74, 6) is 0.597. The summed E-state index contributed by atoms with van der Waals surface area (Å²) >= 11 is 6.24. The molecule has 1 aliphatic rings. The second-order valence-corrected chi connectivity index (χ2v) is 5.31. The summed E-state index contributed by atoms with van der Waals surface area (Å²) in [4.78, 5) is 11.9. The molecule has 4 nitrogen and oxygen atoms in total. The van der Waals surface area contributed by atoms with Gasteiger partial charge in [0.15, 0.2) is 0 Å². The van der Waals surface area contributed by atoms with Crippen LogP contribution in [0.5, 0.6) is 5.75 Å². The van der Waals surface area contributed by atoms with Crippen LogP contribution in [0.1, 0.15) is 44.7 Å². The molecule has 1 unspecified atom stereocenters. The minimum Gasteiger partial charge on any atom is -0.492 e. The third-order valence-corrected chi connectivity index (χ3v) is 3.64. The van der Waals surface area contributed by atoms with Crippen LogP contribution in [0, 0.1) is 0 Å². The fourth-order valence-corrected chi connectivity index (χ4v) is 2.54. The van der Waals surface area contributed by atoms with E-state index in [4.69, 9.17) is 16.3 Å². The summed E-state index contributed by atoms with van der Waals surface area (Å²) in [6, 6.07) is 3.32. The van der Waals surface area contributed by atoms with Crippen molar-refractivity contribution in [2.75, 3.05) is 18.5 Å². The van der Waals surface area contributed by atoms with Crippen molar-refractivity contribution < 1.29 is 9.53 Å². The van der Waals surface area contributed by atoms with Crippen LogP contribution in [0.3, 0.4) is 0 Å². The molecular formula is C15H21ClN2O2. The predicted octanol–water partition coefficient (Wildman–Crippen LogP) is 3.51. The maximum Gasteiger partial charge on any atom is 0.246 e. The third-order valence-electron chi connectivity index (χ3n) is 3.35. The van der Waals surface area contributed by atoms with E-state index in [9.17, 15) is 4.79 Å². The first kappa shape index (κ1) is 15.1. The number of rotatable bonds is 7. The van der Waals surface area contributed by atoms with E-state index in [1.165, 1.54) is 0 Å². The maximum atomic E-state index is 11.9. The van der Waals surface area contributed by atoms with Crippen LogP contribution in [0.4, 0.5) is 5.69 Å². The van der Waals surface area contributed by atoms with Crippen LogP contribution in [0.2, 0.25) is 5.02 Å². The average Bonchev–Trinajstić information content (AvgIpc) is 2.71. The Bertz CT molecular complexity index is 491. The number of unbranched alkanes of at least 4 members (excludes halogenated alkanes) is 2. The minimum atomic E-state index is -0.318. The number of carbonyl (C=O) groups excluding carboxylic acids is 1. The second-order valence-electron chi connectivity index (χ2n) is 4.91. The highest BCUT2D eigenvalue weighted by atomic mass is 35.5.